The highest BCUT2D eigenvalue weighted by molar-refractivity contribution is 5.81. The van der Waals surface area contributed by atoms with E-state index in [1.807, 2.05) is 48.6 Å². The highest BCUT2D eigenvalue weighted by Gasteiger charge is 2.30. The van der Waals surface area contributed by atoms with Crippen molar-refractivity contribution in [3.05, 3.63) is 0 Å². The number of carbonyl (C=O) groups excluding carboxylic acids is 1. The van der Waals surface area contributed by atoms with Gasteiger partial charge in [-0.3, -0.25) is 4.79 Å². The average Bonchev–Trinajstić information content (AvgIpc) is 1.80. The van der Waals surface area contributed by atoms with Gasteiger partial charge in [0.05, 0.1) is 0 Å². The Labute approximate surface area is 75.9 Å². The lowest BCUT2D eigenvalue weighted by Gasteiger charge is -2.36. The smallest absolute Gasteiger partial charge is 0.228 e. The van der Waals surface area contributed by atoms with Crippen LogP contribution in [0.25, 0.3) is 0 Å². The minimum atomic E-state index is -0.276. The molecule has 0 unspecified atom stereocenters. The molecule has 0 aliphatic rings. The maximum atomic E-state index is 11.7. The zero-order chi connectivity index (χ0) is 10.2. The summed E-state index contributed by atoms with van der Waals surface area (Å²) >= 11 is 0. The summed E-state index contributed by atoms with van der Waals surface area (Å²) in [7, 11) is 1.85. The van der Waals surface area contributed by atoms with Crippen molar-refractivity contribution < 1.29 is 4.79 Å². The number of carbonyl (C=O) groups is 1. The predicted molar refractivity (Wildman–Crippen MR) is 52.0 cm³/mol. The lowest BCUT2D eigenvalue weighted by atomic mass is 9.92. The van der Waals surface area contributed by atoms with Crippen molar-refractivity contribution in [2.24, 2.45) is 5.41 Å². The Morgan fingerprint density at radius 1 is 1.00 bits per heavy atom. The van der Waals surface area contributed by atoms with Gasteiger partial charge in [0, 0.05) is 18.0 Å². The molecular formula is C10H21NO. The highest BCUT2D eigenvalue weighted by atomic mass is 16.2. The molecule has 0 aromatic carbocycles. The van der Waals surface area contributed by atoms with E-state index in [2.05, 4.69) is 0 Å². The van der Waals surface area contributed by atoms with Crippen LogP contribution in [-0.4, -0.2) is 23.4 Å². The summed E-state index contributed by atoms with van der Waals surface area (Å²) in [5.41, 5.74) is -0.355. The van der Waals surface area contributed by atoms with E-state index < -0.39 is 0 Å². The number of amides is 1. The van der Waals surface area contributed by atoms with Crippen molar-refractivity contribution in [2.75, 3.05) is 7.05 Å². The van der Waals surface area contributed by atoms with Gasteiger partial charge in [-0.2, -0.15) is 0 Å². The summed E-state index contributed by atoms with van der Waals surface area (Å²) in [6, 6.07) is 0. The molecule has 2 heteroatoms. The fraction of sp³-hybridized carbons (Fsp3) is 0.900. The first kappa shape index (κ1) is 11.5. The maximum Gasteiger partial charge on any atom is 0.228 e. The molecular weight excluding hydrogens is 150 g/mol. The van der Waals surface area contributed by atoms with Crippen LogP contribution in [0.5, 0.6) is 0 Å². The van der Waals surface area contributed by atoms with Gasteiger partial charge in [-0.05, 0) is 20.8 Å². The Kier molecular flexibility index (Phi) is 2.94. The third kappa shape index (κ3) is 2.84. The first-order chi connectivity index (χ1) is 5.07. The summed E-state index contributed by atoms with van der Waals surface area (Å²) in [5, 5.41) is 0. The average molecular weight is 171 g/mol. The normalized spacial score (nSPS) is 12.9. The van der Waals surface area contributed by atoms with E-state index in [1.165, 1.54) is 0 Å². The molecule has 0 rings (SSSR count). The molecule has 12 heavy (non-hydrogen) atoms. The van der Waals surface area contributed by atoms with Crippen LogP contribution in [0.1, 0.15) is 41.5 Å². The van der Waals surface area contributed by atoms with E-state index in [-0.39, 0.29) is 16.9 Å². The molecule has 0 spiro atoms. The van der Waals surface area contributed by atoms with Crippen LogP contribution in [0.4, 0.5) is 0 Å². The minimum Gasteiger partial charge on any atom is -0.340 e. The number of nitrogens with zero attached hydrogens (tertiary/aromatic N) is 1. The van der Waals surface area contributed by atoms with Crippen molar-refractivity contribution >= 4 is 5.91 Å². The minimum absolute atomic E-state index is 0.0790. The summed E-state index contributed by atoms with van der Waals surface area (Å²) in [6.07, 6.45) is 0. The van der Waals surface area contributed by atoms with Gasteiger partial charge >= 0.3 is 0 Å². The lowest BCUT2D eigenvalue weighted by molar-refractivity contribution is -0.142. The van der Waals surface area contributed by atoms with E-state index >= 15 is 0 Å². The summed E-state index contributed by atoms with van der Waals surface area (Å²) in [5.74, 6) is 0.190. The van der Waals surface area contributed by atoms with Crippen LogP contribution in [0.3, 0.4) is 0 Å². The number of hydrogen-bond acceptors (Lipinski definition) is 1. The Hall–Kier alpha value is -0.530. The first-order valence-electron chi connectivity index (χ1n) is 4.35. The molecule has 0 saturated carbocycles. The van der Waals surface area contributed by atoms with E-state index in [9.17, 15) is 4.79 Å². The largest absolute Gasteiger partial charge is 0.340 e. The molecule has 0 N–H and O–H groups in total. The van der Waals surface area contributed by atoms with Crippen LogP contribution in [0, 0.1) is 5.41 Å². The van der Waals surface area contributed by atoms with Crippen LogP contribution < -0.4 is 0 Å². The molecule has 2 nitrogen and oxygen atoms in total. The van der Waals surface area contributed by atoms with Crippen molar-refractivity contribution in [2.45, 2.75) is 47.1 Å². The number of hydrogen-bond donors (Lipinski definition) is 0. The Bertz CT molecular complexity index is 171. The second kappa shape index (κ2) is 3.08. The van der Waals surface area contributed by atoms with Gasteiger partial charge in [-0.25, -0.2) is 0 Å². The van der Waals surface area contributed by atoms with E-state index in [0.717, 1.165) is 0 Å². The first-order valence-corrected chi connectivity index (χ1v) is 4.35. The van der Waals surface area contributed by atoms with Gasteiger partial charge in [0.15, 0.2) is 0 Å². The standard InChI is InChI=1S/C10H21NO/c1-9(2,3)8(12)11(7)10(4,5)6/h1-7H3. The Morgan fingerprint density at radius 3 is 1.42 bits per heavy atom. The monoisotopic (exact) mass is 171 g/mol. The maximum absolute atomic E-state index is 11.7. The van der Waals surface area contributed by atoms with E-state index in [1.54, 1.807) is 4.90 Å². The second-order valence-corrected chi connectivity index (χ2v) is 5.28. The Morgan fingerprint density at radius 2 is 1.33 bits per heavy atom. The van der Waals surface area contributed by atoms with Crippen molar-refractivity contribution in [3.8, 4) is 0 Å². The second-order valence-electron chi connectivity index (χ2n) is 5.28. The van der Waals surface area contributed by atoms with Gasteiger partial charge in [-0.15, -0.1) is 0 Å². The summed E-state index contributed by atoms with van der Waals surface area (Å²) < 4.78 is 0. The fourth-order valence-electron chi connectivity index (χ4n) is 0.808. The summed E-state index contributed by atoms with van der Waals surface area (Å²) in [4.78, 5) is 13.5. The third-order valence-electron chi connectivity index (χ3n) is 1.95. The lowest BCUT2D eigenvalue weighted by Crippen LogP contribution is -2.47. The molecule has 0 heterocycles. The molecule has 0 fully saturated rings. The fourth-order valence-corrected chi connectivity index (χ4v) is 0.808. The molecule has 72 valence electrons. The van der Waals surface area contributed by atoms with Gasteiger partial charge in [0.25, 0.3) is 0 Å². The molecule has 0 atom stereocenters. The molecule has 0 aromatic rings. The highest BCUT2D eigenvalue weighted by Crippen LogP contribution is 2.21. The molecule has 1 amide bonds. The molecule has 0 aliphatic carbocycles. The third-order valence-corrected chi connectivity index (χ3v) is 1.95. The SMILES string of the molecule is CN(C(=O)C(C)(C)C)C(C)(C)C. The quantitative estimate of drug-likeness (QED) is 0.547. The van der Waals surface area contributed by atoms with Crippen molar-refractivity contribution in [3.63, 3.8) is 0 Å². The van der Waals surface area contributed by atoms with Gasteiger partial charge in [0.2, 0.25) is 5.91 Å². The summed E-state index contributed by atoms with van der Waals surface area (Å²) in [6.45, 7) is 11.9. The van der Waals surface area contributed by atoms with E-state index in [4.69, 9.17) is 0 Å². The van der Waals surface area contributed by atoms with Crippen molar-refractivity contribution in [1.82, 2.24) is 4.90 Å². The van der Waals surface area contributed by atoms with Crippen LogP contribution >= 0.6 is 0 Å². The molecule has 0 aromatic heterocycles. The van der Waals surface area contributed by atoms with E-state index in [0.29, 0.717) is 0 Å². The molecule has 0 aliphatic heterocycles. The van der Waals surface area contributed by atoms with Crippen molar-refractivity contribution in [1.29, 1.82) is 0 Å². The van der Waals surface area contributed by atoms with Gasteiger partial charge in [-0.1, -0.05) is 20.8 Å². The molecule has 0 radical (unpaired) electrons. The van der Waals surface area contributed by atoms with Crippen LogP contribution in [0.15, 0.2) is 0 Å². The topological polar surface area (TPSA) is 20.3 Å². The van der Waals surface area contributed by atoms with Crippen LogP contribution in [-0.2, 0) is 4.79 Å². The van der Waals surface area contributed by atoms with Gasteiger partial charge < -0.3 is 4.90 Å². The predicted octanol–water partition coefficient (Wildman–Crippen LogP) is 2.29. The zero-order valence-electron chi connectivity index (χ0n) is 9.36. The molecule has 0 saturated heterocycles. The molecule has 0 bridgehead atoms. The van der Waals surface area contributed by atoms with Crippen LogP contribution in [0.2, 0.25) is 0 Å². The number of rotatable bonds is 0. The zero-order valence-corrected chi connectivity index (χ0v) is 9.36. The van der Waals surface area contributed by atoms with Gasteiger partial charge in [0.1, 0.15) is 0 Å². The Balaban J connectivity index is 4.53.